The van der Waals surface area contributed by atoms with Crippen LogP contribution in [0.3, 0.4) is 0 Å². The average Bonchev–Trinajstić information content (AvgIpc) is 3.16. The molecule has 1 amide bonds. The number of hydrogen-bond acceptors (Lipinski definition) is 7. The molecule has 3 aromatic rings. The van der Waals surface area contributed by atoms with Gasteiger partial charge in [0.15, 0.2) is 29.6 Å². The highest BCUT2D eigenvalue weighted by Crippen LogP contribution is 2.32. The van der Waals surface area contributed by atoms with E-state index in [1.807, 2.05) is 0 Å². The first-order valence-electron chi connectivity index (χ1n) is 8.35. The number of nitrogens with one attached hydrogen (secondary N) is 1. The fourth-order valence-corrected chi connectivity index (χ4v) is 2.69. The maximum atomic E-state index is 12.4. The number of carbonyl (C=O) groups is 2. The highest BCUT2D eigenvalue weighted by molar-refractivity contribution is 6.03. The minimum atomic E-state index is -1.01. The highest BCUT2D eigenvalue weighted by Gasteiger charge is 2.22. The van der Waals surface area contributed by atoms with Gasteiger partial charge in [-0.05, 0) is 31.2 Å². The van der Waals surface area contributed by atoms with E-state index < -0.39 is 18.0 Å². The summed E-state index contributed by atoms with van der Waals surface area (Å²) in [5.41, 5.74) is 1.62. The van der Waals surface area contributed by atoms with Gasteiger partial charge in [-0.1, -0.05) is 6.07 Å². The molecule has 4 rings (SSSR count). The van der Waals surface area contributed by atoms with Crippen molar-refractivity contribution in [1.82, 2.24) is 4.98 Å². The molecule has 8 nitrogen and oxygen atoms in total. The van der Waals surface area contributed by atoms with Crippen LogP contribution < -0.4 is 14.8 Å². The van der Waals surface area contributed by atoms with E-state index in [4.69, 9.17) is 18.6 Å². The number of carbonyl (C=O) groups excluding carboxylic acids is 2. The maximum Gasteiger partial charge on any atom is 0.341 e. The van der Waals surface area contributed by atoms with Crippen molar-refractivity contribution in [3.05, 3.63) is 48.4 Å². The molecule has 1 aliphatic rings. The predicted molar refractivity (Wildman–Crippen MR) is 94.9 cm³/mol. The lowest BCUT2D eigenvalue weighted by Gasteiger charge is -2.19. The summed E-state index contributed by atoms with van der Waals surface area (Å²) in [5, 5.41) is 2.69. The second-order valence-corrected chi connectivity index (χ2v) is 5.90. The molecule has 1 aliphatic heterocycles. The van der Waals surface area contributed by atoms with Crippen molar-refractivity contribution in [2.24, 2.45) is 0 Å². The molecule has 0 aliphatic carbocycles. The Morgan fingerprint density at radius 3 is 2.81 bits per heavy atom. The van der Waals surface area contributed by atoms with Crippen molar-refractivity contribution in [3.63, 3.8) is 0 Å². The fourth-order valence-electron chi connectivity index (χ4n) is 2.69. The summed E-state index contributed by atoms with van der Waals surface area (Å²) in [4.78, 5) is 28.8. The first-order valence-corrected chi connectivity index (χ1v) is 8.35. The number of ether oxygens (including phenoxy) is 3. The molecule has 8 heteroatoms. The lowest BCUT2D eigenvalue weighted by atomic mass is 10.2. The Bertz CT molecular complexity index is 1010. The third kappa shape index (κ3) is 3.41. The van der Waals surface area contributed by atoms with Crippen LogP contribution in [0.25, 0.3) is 11.1 Å². The number of anilines is 1. The van der Waals surface area contributed by atoms with E-state index in [0.29, 0.717) is 41.5 Å². The summed E-state index contributed by atoms with van der Waals surface area (Å²) in [6.07, 6.45) is 0.243. The molecule has 2 aromatic carbocycles. The van der Waals surface area contributed by atoms with E-state index in [1.54, 1.807) is 36.4 Å². The monoisotopic (exact) mass is 368 g/mol. The van der Waals surface area contributed by atoms with Gasteiger partial charge >= 0.3 is 5.97 Å². The largest absolute Gasteiger partial charge is 0.486 e. The molecule has 0 bridgehead atoms. The zero-order chi connectivity index (χ0) is 18.8. The lowest BCUT2D eigenvalue weighted by Crippen LogP contribution is -2.30. The number of amides is 1. The van der Waals surface area contributed by atoms with E-state index in [1.165, 1.54) is 13.3 Å². The summed E-state index contributed by atoms with van der Waals surface area (Å²) < 4.78 is 21.4. The SMILES string of the molecule is CC(OC(=O)c1cccc2ocnc12)C(=O)Nc1ccc2c(c1)OCCO2. The smallest absolute Gasteiger partial charge is 0.341 e. The quantitative estimate of drug-likeness (QED) is 0.707. The van der Waals surface area contributed by atoms with Gasteiger partial charge in [0.05, 0.1) is 5.56 Å². The highest BCUT2D eigenvalue weighted by atomic mass is 16.6. The zero-order valence-corrected chi connectivity index (χ0v) is 14.4. The van der Waals surface area contributed by atoms with Gasteiger partial charge in [-0.25, -0.2) is 9.78 Å². The van der Waals surface area contributed by atoms with Crippen LogP contribution in [0.2, 0.25) is 0 Å². The van der Waals surface area contributed by atoms with E-state index in [9.17, 15) is 9.59 Å². The first-order chi connectivity index (χ1) is 13.1. The van der Waals surface area contributed by atoms with Gasteiger partial charge in [-0.3, -0.25) is 4.79 Å². The van der Waals surface area contributed by atoms with Crippen molar-refractivity contribution >= 4 is 28.7 Å². The number of para-hydroxylation sites is 1. The molecule has 1 unspecified atom stereocenters. The number of nitrogens with zero attached hydrogens (tertiary/aromatic N) is 1. The van der Waals surface area contributed by atoms with Crippen molar-refractivity contribution in [2.75, 3.05) is 18.5 Å². The maximum absolute atomic E-state index is 12.4. The van der Waals surface area contributed by atoms with Gasteiger partial charge in [0.25, 0.3) is 5.91 Å². The normalized spacial score (nSPS) is 13.8. The molecule has 0 spiro atoms. The van der Waals surface area contributed by atoms with Gasteiger partial charge < -0.3 is 23.9 Å². The van der Waals surface area contributed by atoms with Crippen LogP contribution in [0, 0.1) is 0 Å². The summed E-state index contributed by atoms with van der Waals surface area (Å²) in [6, 6.07) is 9.99. The van der Waals surface area contributed by atoms with Crippen LogP contribution in [0.1, 0.15) is 17.3 Å². The number of hydrogen-bond donors (Lipinski definition) is 1. The molecule has 1 atom stereocenters. The van der Waals surface area contributed by atoms with Crippen LogP contribution in [0.4, 0.5) is 5.69 Å². The molecule has 138 valence electrons. The Balaban J connectivity index is 1.43. The number of oxazole rings is 1. The van der Waals surface area contributed by atoms with Crippen molar-refractivity contribution < 1.29 is 28.2 Å². The zero-order valence-electron chi connectivity index (χ0n) is 14.4. The number of aromatic nitrogens is 1. The summed E-state index contributed by atoms with van der Waals surface area (Å²) in [5.74, 6) is 0.0625. The number of esters is 1. The number of fused-ring (bicyclic) bond motifs is 2. The minimum absolute atomic E-state index is 0.236. The first kappa shape index (κ1) is 16.9. The molecule has 0 radical (unpaired) electrons. The third-order valence-electron chi connectivity index (χ3n) is 4.04. The van der Waals surface area contributed by atoms with Gasteiger partial charge in [0.1, 0.15) is 18.7 Å². The third-order valence-corrected chi connectivity index (χ3v) is 4.04. The second-order valence-electron chi connectivity index (χ2n) is 5.90. The number of rotatable bonds is 4. The molecule has 1 N–H and O–H groups in total. The van der Waals surface area contributed by atoms with Gasteiger partial charge in [-0.15, -0.1) is 0 Å². The summed E-state index contributed by atoms with van der Waals surface area (Å²) >= 11 is 0. The minimum Gasteiger partial charge on any atom is -0.486 e. The van der Waals surface area contributed by atoms with Crippen LogP contribution in [-0.2, 0) is 9.53 Å². The van der Waals surface area contributed by atoms with Crippen LogP contribution in [0.5, 0.6) is 11.5 Å². The van der Waals surface area contributed by atoms with E-state index in [-0.39, 0.29) is 5.56 Å². The molecule has 1 aromatic heterocycles. The molecule has 2 heterocycles. The fraction of sp³-hybridized carbons (Fsp3) is 0.211. The van der Waals surface area contributed by atoms with Gasteiger partial charge in [0.2, 0.25) is 0 Å². The molecular formula is C19H16N2O6. The standard InChI is InChI=1S/C19H16N2O6/c1-11(27-19(23)13-3-2-4-15-17(13)20-10-26-15)18(22)21-12-5-6-14-16(9-12)25-8-7-24-14/h2-6,9-11H,7-8H2,1H3,(H,21,22). The Morgan fingerprint density at radius 1 is 1.15 bits per heavy atom. The molecule has 0 saturated carbocycles. The van der Waals surface area contributed by atoms with Crippen molar-refractivity contribution in [3.8, 4) is 11.5 Å². The molecule has 0 saturated heterocycles. The second kappa shape index (κ2) is 6.99. The molecule has 27 heavy (non-hydrogen) atoms. The Morgan fingerprint density at radius 2 is 1.96 bits per heavy atom. The Hall–Kier alpha value is -3.55. The summed E-state index contributed by atoms with van der Waals surface area (Å²) in [6.45, 7) is 2.43. The lowest BCUT2D eigenvalue weighted by molar-refractivity contribution is -0.123. The Kier molecular flexibility index (Phi) is 4.37. The van der Waals surface area contributed by atoms with E-state index >= 15 is 0 Å². The van der Waals surface area contributed by atoms with Crippen LogP contribution >= 0.6 is 0 Å². The molecular weight excluding hydrogens is 352 g/mol. The van der Waals surface area contributed by atoms with Crippen molar-refractivity contribution in [2.45, 2.75) is 13.0 Å². The summed E-state index contributed by atoms with van der Waals surface area (Å²) in [7, 11) is 0. The van der Waals surface area contributed by atoms with Gasteiger partial charge in [-0.2, -0.15) is 0 Å². The van der Waals surface area contributed by atoms with E-state index in [0.717, 1.165) is 0 Å². The van der Waals surface area contributed by atoms with Crippen molar-refractivity contribution in [1.29, 1.82) is 0 Å². The predicted octanol–water partition coefficient (Wildman–Crippen LogP) is 2.78. The Labute approximate surface area is 154 Å². The van der Waals surface area contributed by atoms with Crippen LogP contribution in [0.15, 0.2) is 47.2 Å². The number of benzene rings is 2. The van der Waals surface area contributed by atoms with Gasteiger partial charge in [0, 0.05) is 11.8 Å². The van der Waals surface area contributed by atoms with E-state index in [2.05, 4.69) is 10.3 Å². The average molecular weight is 368 g/mol. The van der Waals surface area contributed by atoms with Crippen LogP contribution in [-0.4, -0.2) is 36.2 Å². The topological polar surface area (TPSA) is 99.9 Å². The molecule has 0 fully saturated rings.